The van der Waals surface area contributed by atoms with Gasteiger partial charge in [0.2, 0.25) is 0 Å². The molecule has 15 heavy (non-hydrogen) atoms. The molecule has 1 unspecified atom stereocenters. The molecule has 1 fully saturated rings. The van der Waals surface area contributed by atoms with E-state index >= 15 is 0 Å². The lowest BCUT2D eigenvalue weighted by molar-refractivity contribution is 0.0604. The van der Waals surface area contributed by atoms with E-state index in [1.54, 1.807) is 17.0 Å². The molecule has 2 heterocycles. The number of furan rings is 1. The van der Waals surface area contributed by atoms with Crippen LogP contribution in [0, 0.1) is 0 Å². The maximum atomic E-state index is 12.0. The van der Waals surface area contributed by atoms with Crippen molar-refractivity contribution < 1.29 is 9.21 Å². The van der Waals surface area contributed by atoms with E-state index in [0.29, 0.717) is 12.3 Å². The summed E-state index contributed by atoms with van der Waals surface area (Å²) in [5.74, 6) is 0.315. The van der Waals surface area contributed by atoms with E-state index in [-0.39, 0.29) is 17.5 Å². The molecular weight excluding hydrogens is 192 g/mol. The predicted molar refractivity (Wildman–Crippen MR) is 56.4 cm³/mol. The van der Waals surface area contributed by atoms with E-state index in [1.165, 1.54) is 6.26 Å². The quantitative estimate of drug-likeness (QED) is 0.755. The van der Waals surface area contributed by atoms with Gasteiger partial charge in [-0.3, -0.25) is 4.79 Å². The average molecular weight is 208 g/mol. The molecular formula is C11H16N2O2. The second-order valence-corrected chi connectivity index (χ2v) is 4.48. The van der Waals surface area contributed by atoms with Crippen LogP contribution in [0.2, 0.25) is 0 Å². The number of rotatable bonds is 1. The first kappa shape index (κ1) is 10.2. The van der Waals surface area contributed by atoms with E-state index in [9.17, 15) is 4.79 Å². The van der Waals surface area contributed by atoms with Crippen molar-refractivity contribution in [3.8, 4) is 0 Å². The van der Waals surface area contributed by atoms with Gasteiger partial charge in [-0.05, 0) is 32.4 Å². The Morgan fingerprint density at radius 1 is 1.67 bits per heavy atom. The van der Waals surface area contributed by atoms with E-state index in [0.717, 1.165) is 6.42 Å². The number of hydrogen-bond acceptors (Lipinski definition) is 3. The van der Waals surface area contributed by atoms with Crippen molar-refractivity contribution in [3.05, 3.63) is 24.2 Å². The highest BCUT2D eigenvalue weighted by Gasteiger charge is 2.42. The Morgan fingerprint density at radius 3 is 2.87 bits per heavy atom. The lowest BCUT2D eigenvalue weighted by Gasteiger charge is -2.33. The predicted octanol–water partition coefficient (Wildman–Crippen LogP) is 1.23. The molecule has 1 aromatic heterocycles. The van der Waals surface area contributed by atoms with Gasteiger partial charge in [0.05, 0.1) is 11.8 Å². The lowest BCUT2D eigenvalue weighted by Crippen LogP contribution is -2.51. The Balaban J connectivity index is 2.22. The topological polar surface area (TPSA) is 59.5 Å². The molecule has 0 aromatic carbocycles. The number of carbonyl (C=O) groups excluding carboxylic acids is 1. The number of nitrogens with two attached hydrogens (primary N) is 1. The minimum atomic E-state index is -0.288. The summed E-state index contributed by atoms with van der Waals surface area (Å²) < 4.78 is 5.10. The summed E-state index contributed by atoms with van der Waals surface area (Å²) in [7, 11) is 0. The van der Waals surface area contributed by atoms with Crippen molar-refractivity contribution in [1.29, 1.82) is 0 Å². The van der Waals surface area contributed by atoms with Gasteiger partial charge >= 0.3 is 0 Å². The fourth-order valence-electron chi connectivity index (χ4n) is 2.01. The largest absolute Gasteiger partial charge is 0.459 e. The molecule has 4 heteroatoms. The van der Waals surface area contributed by atoms with Crippen LogP contribution in [0.5, 0.6) is 0 Å². The highest BCUT2D eigenvalue weighted by molar-refractivity contribution is 5.92. The van der Waals surface area contributed by atoms with Gasteiger partial charge in [0, 0.05) is 12.6 Å². The standard InChI is InChI=1S/C11H16N2O2/c1-11(2)9(12)5-6-13(11)10(14)8-4-3-7-15-8/h3-4,7,9H,5-6,12H2,1-2H3. The van der Waals surface area contributed by atoms with Gasteiger partial charge in [0.25, 0.3) is 5.91 Å². The zero-order chi connectivity index (χ0) is 11.1. The SMILES string of the molecule is CC1(C)C(N)CCN1C(=O)c1ccco1. The van der Waals surface area contributed by atoms with Crippen LogP contribution in [0.25, 0.3) is 0 Å². The fraction of sp³-hybridized carbons (Fsp3) is 0.545. The molecule has 1 aliphatic rings. The summed E-state index contributed by atoms with van der Waals surface area (Å²) in [4.78, 5) is 13.8. The molecule has 1 saturated heterocycles. The van der Waals surface area contributed by atoms with Crippen molar-refractivity contribution in [1.82, 2.24) is 4.90 Å². The van der Waals surface area contributed by atoms with Gasteiger partial charge in [-0.1, -0.05) is 0 Å². The number of likely N-dealkylation sites (tertiary alicyclic amines) is 1. The summed E-state index contributed by atoms with van der Waals surface area (Å²) in [6.45, 7) is 4.69. The maximum Gasteiger partial charge on any atom is 0.290 e. The number of hydrogen-bond donors (Lipinski definition) is 1. The summed E-state index contributed by atoms with van der Waals surface area (Å²) in [5, 5.41) is 0. The monoisotopic (exact) mass is 208 g/mol. The molecule has 0 aliphatic carbocycles. The summed E-state index contributed by atoms with van der Waals surface area (Å²) in [6, 6.07) is 3.44. The first-order chi connectivity index (χ1) is 7.03. The van der Waals surface area contributed by atoms with Crippen molar-refractivity contribution in [3.63, 3.8) is 0 Å². The molecule has 1 amide bonds. The molecule has 1 aromatic rings. The maximum absolute atomic E-state index is 12.0. The van der Waals surface area contributed by atoms with Crippen LogP contribution >= 0.6 is 0 Å². The van der Waals surface area contributed by atoms with Gasteiger partial charge in [0.1, 0.15) is 0 Å². The third kappa shape index (κ3) is 1.55. The Labute approximate surface area is 89.0 Å². The third-order valence-corrected chi connectivity index (χ3v) is 3.24. The first-order valence-electron chi connectivity index (χ1n) is 5.14. The Kier molecular flexibility index (Phi) is 2.31. The fourth-order valence-corrected chi connectivity index (χ4v) is 2.01. The summed E-state index contributed by atoms with van der Waals surface area (Å²) in [6.07, 6.45) is 2.36. The van der Waals surface area contributed by atoms with Crippen LogP contribution in [0.15, 0.2) is 22.8 Å². The van der Waals surface area contributed by atoms with Crippen molar-refractivity contribution in [2.45, 2.75) is 31.8 Å². The molecule has 82 valence electrons. The smallest absolute Gasteiger partial charge is 0.290 e. The molecule has 1 aliphatic heterocycles. The normalized spacial score (nSPS) is 24.5. The Bertz CT molecular complexity index is 357. The summed E-state index contributed by atoms with van der Waals surface area (Å²) >= 11 is 0. The number of carbonyl (C=O) groups is 1. The Hall–Kier alpha value is -1.29. The van der Waals surface area contributed by atoms with Crippen molar-refractivity contribution in [2.75, 3.05) is 6.54 Å². The minimum Gasteiger partial charge on any atom is -0.459 e. The van der Waals surface area contributed by atoms with E-state index in [1.807, 2.05) is 13.8 Å². The Morgan fingerprint density at radius 2 is 2.40 bits per heavy atom. The van der Waals surface area contributed by atoms with Crippen LogP contribution in [0.1, 0.15) is 30.8 Å². The highest BCUT2D eigenvalue weighted by atomic mass is 16.3. The molecule has 2 N–H and O–H groups in total. The highest BCUT2D eigenvalue weighted by Crippen LogP contribution is 2.29. The second-order valence-electron chi connectivity index (χ2n) is 4.48. The van der Waals surface area contributed by atoms with Gasteiger partial charge in [0.15, 0.2) is 5.76 Å². The van der Waals surface area contributed by atoms with Crippen molar-refractivity contribution >= 4 is 5.91 Å². The van der Waals surface area contributed by atoms with E-state index in [4.69, 9.17) is 10.2 Å². The number of amides is 1. The molecule has 0 radical (unpaired) electrons. The van der Waals surface area contributed by atoms with E-state index < -0.39 is 0 Å². The van der Waals surface area contributed by atoms with Gasteiger partial charge in [-0.25, -0.2) is 0 Å². The second kappa shape index (κ2) is 3.38. The molecule has 1 atom stereocenters. The van der Waals surface area contributed by atoms with Gasteiger partial charge < -0.3 is 15.1 Å². The summed E-state index contributed by atoms with van der Waals surface area (Å²) in [5.41, 5.74) is 5.68. The first-order valence-corrected chi connectivity index (χ1v) is 5.14. The van der Waals surface area contributed by atoms with Gasteiger partial charge in [-0.15, -0.1) is 0 Å². The lowest BCUT2D eigenvalue weighted by atomic mass is 9.96. The van der Waals surface area contributed by atoms with Crippen LogP contribution < -0.4 is 5.73 Å². The van der Waals surface area contributed by atoms with Crippen LogP contribution in [0.3, 0.4) is 0 Å². The third-order valence-electron chi connectivity index (χ3n) is 3.24. The van der Waals surface area contributed by atoms with Crippen LogP contribution in [-0.4, -0.2) is 28.9 Å². The number of nitrogens with zero attached hydrogens (tertiary/aromatic N) is 1. The van der Waals surface area contributed by atoms with Gasteiger partial charge in [-0.2, -0.15) is 0 Å². The van der Waals surface area contributed by atoms with E-state index in [2.05, 4.69) is 0 Å². The molecule has 2 rings (SSSR count). The van der Waals surface area contributed by atoms with Crippen LogP contribution in [0.4, 0.5) is 0 Å². The zero-order valence-corrected chi connectivity index (χ0v) is 9.06. The average Bonchev–Trinajstić information content (AvgIpc) is 2.76. The molecule has 4 nitrogen and oxygen atoms in total. The molecule has 0 spiro atoms. The zero-order valence-electron chi connectivity index (χ0n) is 9.06. The molecule has 0 saturated carbocycles. The minimum absolute atomic E-state index is 0.0383. The van der Waals surface area contributed by atoms with Crippen molar-refractivity contribution in [2.24, 2.45) is 5.73 Å². The van der Waals surface area contributed by atoms with Crippen LogP contribution in [-0.2, 0) is 0 Å². The molecule has 0 bridgehead atoms.